The Labute approximate surface area is 118 Å². The minimum absolute atomic E-state index is 0.00366. The number of H-pyrrole nitrogens is 1. The molecule has 0 bridgehead atoms. The van der Waals surface area contributed by atoms with Crippen LogP contribution in [0.15, 0.2) is 18.5 Å². The van der Waals surface area contributed by atoms with Crippen molar-refractivity contribution in [1.29, 1.82) is 0 Å². The number of hydrogen-bond acceptors (Lipinski definition) is 4. The second-order valence-electron chi connectivity index (χ2n) is 4.86. The predicted molar refractivity (Wildman–Crippen MR) is 75.4 cm³/mol. The van der Waals surface area contributed by atoms with Gasteiger partial charge in [-0.15, -0.1) is 0 Å². The standard InChI is InChI=1S/C14H19N5O/c1-4-13-15-7-11(8-16-13)14(20)17-9(2)5-12-6-10(3)18-19-12/h6-9H,4-5H2,1-3H3,(H,17,20)(H,18,19)/t9-/m1/s1. The molecule has 2 rings (SSSR count). The number of aryl methyl sites for hydroxylation is 2. The normalized spacial score (nSPS) is 12.2. The summed E-state index contributed by atoms with van der Waals surface area (Å²) in [5.74, 6) is 0.578. The summed E-state index contributed by atoms with van der Waals surface area (Å²) in [5.41, 5.74) is 2.43. The zero-order chi connectivity index (χ0) is 14.5. The summed E-state index contributed by atoms with van der Waals surface area (Å²) in [6.07, 6.45) is 4.57. The molecule has 0 saturated carbocycles. The molecule has 2 aromatic heterocycles. The SMILES string of the molecule is CCc1ncc(C(=O)N[C@H](C)Cc2cc(C)[nH]n2)cn1. The molecule has 0 radical (unpaired) electrons. The average molecular weight is 273 g/mol. The number of aromatic nitrogens is 4. The van der Waals surface area contributed by atoms with Gasteiger partial charge in [0.1, 0.15) is 5.82 Å². The topological polar surface area (TPSA) is 83.6 Å². The van der Waals surface area contributed by atoms with Crippen molar-refractivity contribution in [2.45, 2.75) is 39.7 Å². The number of carbonyl (C=O) groups is 1. The molecule has 2 aromatic rings. The molecule has 20 heavy (non-hydrogen) atoms. The first-order chi connectivity index (χ1) is 9.58. The summed E-state index contributed by atoms with van der Waals surface area (Å²) in [7, 11) is 0. The van der Waals surface area contributed by atoms with Gasteiger partial charge in [0.05, 0.1) is 11.3 Å². The molecule has 0 aliphatic heterocycles. The number of aromatic amines is 1. The molecule has 0 aliphatic rings. The first kappa shape index (κ1) is 14.2. The van der Waals surface area contributed by atoms with Crippen molar-refractivity contribution in [1.82, 2.24) is 25.5 Å². The highest BCUT2D eigenvalue weighted by Gasteiger charge is 2.12. The van der Waals surface area contributed by atoms with Crippen LogP contribution in [0, 0.1) is 6.92 Å². The van der Waals surface area contributed by atoms with E-state index in [0.717, 1.165) is 23.6 Å². The van der Waals surface area contributed by atoms with Gasteiger partial charge in [-0.25, -0.2) is 9.97 Å². The van der Waals surface area contributed by atoms with Crippen LogP contribution in [0.4, 0.5) is 0 Å². The van der Waals surface area contributed by atoms with Crippen LogP contribution >= 0.6 is 0 Å². The van der Waals surface area contributed by atoms with E-state index < -0.39 is 0 Å². The third-order valence-corrected chi connectivity index (χ3v) is 2.94. The van der Waals surface area contributed by atoms with Crippen LogP contribution < -0.4 is 5.32 Å². The first-order valence-electron chi connectivity index (χ1n) is 6.71. The zero-order valence-electron chi connectivity index (χ0n) is 12.0. The Morgan fingerprint density at radius 3 is 2.65 bits per heavy atom. The third-order valence-electron chi connectivity index (χ3n) is 2.94. The van der Waals surface area contributed by atoms with Gasteiger partial charge in [-0.1, -0.05) is 6.92 Å². The van der Waals surface area contributed by atoms with Crippen molar-refractivity contribution in [3.63, 3.8) is 0 Å². The van der Waals surface area contributed by atoms with Crippen LogP contribution in [-0.4, -0.2) is 32.1 Å². The Hall–Kier alpha value is -2.24. The van der Waals surface area contributed by atoms with Crippen LogP contribution in [0.5, 0.6) is 0 Å². The van der Waals surface area contributed by atoms with Crippen LogP contribution in [0.1, 0.15) is 41.4 Å². The summed E-state index contributed by atoms with van der Waals surface area (Å²) in [6, 6.07) is 1.97. The third kappa shape index (κ3) is 3.63. The lowest BCUT2D eigenvalue weighted by Crippen LogP contribution is -2.34. The maximum atomic E-state index is 12.0. The maximum absolute atomic E-state index is 12.0. The van der Waals surface area contributed by atoms with Gasteiger partial charge in [0.25, 0.3) is 5.91 Å². The molecule has 1 amide bonds. The maximum Gasteiger partial charge on any atom is 0.254 e. The largest absolute Gasteiger partial charge is 0.349 e. The second kappa shape index (κ2) is 6.27. The minimum Gasteiger partial charge on any atom is -0.349 e. The van der Waals surface area contributed by atoms with Gasteiger partial charge >= 0.3 is 0 Å². The lowest BCUT2D eigenvalue weighted by molar-refractivity contribution is 0.0939. The molecule has 2 N–H and O–H groups in total. The fourth-order valence-electron chi connectivity index (χ4n) is 1.91. The molecule has 0 aliphatic carbocycles. The van der Waals surface area contributed by atoms with Crippen molar-refractivity contribution in [3.8, 4) is 0 Å². The number of rotatable bonds is 5. The average Bonchev–Trinajstić information content (AvgIpc) is 2.84. The lowest BCUT2D eigenvalue weighted by atomic mass is 10.1. The number of hydrogen-bond donors (Lipinski definition) is 2. The highest BCUT2D eigenvalue weighted by atomic mass is 16.1. The van der Waals surface area contributed by atoms with E-state index in [1.165, 1.54) is 0 Å². The molecule has 6 heteroatoms. The van der Waals surface area contributed by atoms with Gasteiger partial charge in [-0.05, 0) is 19.9 Å². The molecule has 0 fully saturated rings. The van der Waals surface area contributed by atoms with Gasteiger partial charge in [0.15, 0.2) is 0 Å². The number of nitrogens with one attached hydrogen (secondary N) is 2. The molecule has 0 aromatic carbocycles. The Kier molecular flexibility index (Phi) is 4.45. The fraction of sp³-hybridized carbons (Fsp3) is 0.429. The second-order valence-corrected chi connectivity index (χ2v) is 4.86. The van der Waals surface area contributed by atoms with Gasteiger partial charge in [0, 0.05) is 37.0 Å². The first-order valence-corrected chi connectivity index (χ1v) is 6.71. The molecule has 0 saturated heterocycles. The molecule has 1 atom stereocenters. The molecule has 6 nitrogen and oxygen atoms in total. The van der Waals surface area contributed by atoms with E-state index >= 15 is 0 Å². The van der Waals surface area contributed by atoms with Crippen LogP contribution in [0.3, 0.4) is 0 Å². The van der Waals surface area contributed by atoms with Gasteiger partial charge in [0.2, 0.25) is 0 Å². The van der Waals surface area contributed by atoms with Crippen LogP contribution in [0.2, 0.25) is 0 Å². The Morgan fingerprint density at radius 2 is 2.10 bits per heavy atom. The lowest BCUT2D eigenvalue weighted by Gasteiger charge is -2.12. The quantitative estimate of drug-likeness (QED) is 0.863. The van der Waals surface area contributed by atoms with Crippen molar-refractivity contribution in [2.75, 3.05) is 0 Å². The summed E-state index contributed by atoms with van der Waals surface area (Å²) in [5, 5.41) is 9.96. The van der Waals surface area contributed by atoms with Crippen molar-refractivity contribution in [2.24, 2.45) is 0 Å². The van der Waals surface area contributed by atoms with Crippen LogP contribution in [-0.2, 0) is 12.8 Å². The molecule has 106 valence electrons. The summed E-state index contributed by atoms with van der Waals surface area (Å²) >= 11 is 0. The molecule has 2 heterocycles. The zero-order valence-corrected chi connectivity index (χ0v) is 12.0. The number of carbonyl (C=O) groups excluding carboxylic acids is 1. The summed E-state index contributed by atoms with van der Waals surface area (Å²) in [4.78, 5) is 20.3. The van der Waals surface area contributed by atoms with E-state index in [1.807, 2.05) is 26.8 Å². The minimum atomic E-state index is -0.160. The highest BCUT2D eigenvalue weighted by molar-refractivity contribution is 5.93. The van der Waals surface area contributed by atoms with E-state index in [-0.39, 0.29) is 11.9 Å². The number of nitrogens with zero attached hydrogens (tertiary/aromatic N) is 3. The van der Waals surface area contributed by atoms with E-state index in [0.29, 0.717) is 12.0 Å². The molecule has 0 spiro atoms. The smallest absolute Gasteiger partial charge is 0.254 e. The molecule has 0 unspecified atom stereocenters. The summed E-state index contributed by atoms with van der Waals surface area (Å²) in [6.45, 7) is 5.87. The Bertz CT molecular complexity index is 576. The van der Waals surface area contributed by atoms with Crippen LogP contribution in [0.25, 0.3) is 0 Å². The van der Waals surface area contributed by atoms with Crippen molar-refractivity contribution in [3.05, 3.63) is 41.2 Å². The van der Waals surface area contributed by atoms with E-state index in [9.17, 15) is 4.79 Å². The van der Waals surface area contributed by atoms with E-state index in [2.05, 4.69) is 25.5 Å². The fourth-order valence-corrected chi connectivity index (χ4v) is 1.91. The Morgan fingerprint density at radius 1 is 1.40 bits per heavy atom. The van der Waals surface area contributed by atoms with Gasteiger partial charge < -0.3 is 5.32 Å². The molecular weight excluding hydrogens is 254 g/mol. The predicted octanol–water partition coefficient (Wildman–Crippen LogP) is 1.43. The summed E-state index contributed by atoms with van der Waals surface area (Å²) < 4.78 is 0. The van der Waals surface area contributed by atoms with Gasteiger partial charge in [-0.3, -0.25) is 9.89 Å². The van der Waals surface area contributed by atoms with Crippen molar-refractivity contribution >= 4 is 5.91 Å². The molecular formula is C14H19N5O. The van der Waals surface area contributed by atoms with E-state index in [1.54, 1.807) is 12.4 Å². The van der Waals surface area contributed by atoms with Crippen molar-refractivity contribution < 1.29 is 4.79 Å². The Balaban J connectivity index is 1.92. The monoisotopic (exact) mass is 273 g/mol. The highest BCUT2D eigenvalue weighted by Crippen LogP contribution is 2.03. The van der Waals surface area contributed by atoms with Gasteiger partial charge in [-0.2, -0.15) is 5.10 Å². The van der Waals surface area contributed by atoms with E-state index in [4.69, 9.17) is 0 Å². The number of amides is 1.